The average molecular weight is 268 g/mol. The number of aromatic nitrogens is 4. The quantitative estimate of drug-likeness (QED) is 0.730. The topological polar surface area (TPSA) is 72.3 Å². The highest BCUT2D eigenvalue weighted by atomic mass is 15.3. The molecular formula is C14H16N6. The molecule has 0 amide bonds. The van der Waals surface area contributed by atoms with Gasteiger partial charge in [0.2, 0.25) is 5.65 Å². The van der Waals surface area contributed by atoms with Crippen molar-refractivity contribution in [3.05, 3.63) is 48.5 Å². The van der Waals surface area contributed by atoms with Crippen molar-refractivity contribution >= 4 is 17.2 Å². The van der Waals surface area contributed by atoms with Crippen LogP contribution >= 0.6 is 0 Å². The summed E-state index contributed by atoms with van der Waals surface area (Å²) in [5, 5.41) is 8.05. The molecule has 0 saturated heterocycles. The SMILES string of the molecule is CCN(Cc1ccccc1N)c1nccn2cnnc12. The minimum Gasteiger partial charge on any atom is -0.398 e. The maximum absolute atomic E-state index is 6.01. The van der Waals surface area contributed by atoms with E-state index in [1.807, 2.05) is 34.9 Å². The smallest absolute Gasteiger partial charge is 0.203 e. The largest absolute Gasteiger partial charge is 0.398 e. The molecule has 0 aliphatic heterocycles. The van der Waals surface area contributed by atoms with Gasteiger partial charge in [-0.25, -0.2) is 4.98 Å². The zero-order chi connectivity index (χ0) is 13.9. The van der Waals surface area contributed by atoms with E-state index in [1.165, 1.54) is 0 Å². The molecule has 0 atom stereocenters. The van der Waals surface area contributed by atoms with Gasteiger partial charge in [0, 0.05) is 31.2 Å². The summed E-state index contributed by atoms with van der Waals surface area (Å²) in [6.07, 6.45) is 5.26. The van der Waals surface area contributed by atoms with Crippen molar-refractivity contribution < 1.29 is 0 Å². The van der Waals surface area contributed by atoms with Crippen LogP contribution in [0.4, 0.5) is 11.5 Å². The van der Waals surface area contributed by atoms with Crippen LogP contribution in [0.2, 0.25) is 0 Å². The molecular weight excluding hydrogens is 252 g/mol. The lowest BCUT2D eigenvalue weighted by atomic mass is 10.1. The van der Waals surface area contributed by atoms with Gasteiger partial charge in [-0.1, -0.05) is 18.2 Å². The lowest BCUT2D eigenvalue weighted by molar-refractivity contribution is 0.812. The summed E-state index contributed by atoms with van der Waals surface area (Å²) in [5.74, 6) is 0.816. The van der Waals surface area contributed by atoms with Gasteiger partial charge in [-0.3, -0.25) is 4.40 Å². The van der Waals surface area contributed by atoms with E-state index in [4.69, 9.17) is 5.73 Å². The van der Waals surface area contributed by atoms with Crippen molar-refractivity contribution in [3.63, 3.8) is 0 Å². The number of hydrogen-bond acceptors (Lipinski definition) is 5. The van der Waals surface area contributed by atoms with Gasteiger partial charge in [0.1, 0.15) is 6.33 Å². The number of anilines is 2. The number of nitrogens with zero attached hydrogens (tertiary/aromatic N) is 5. The molecule has 1 aromatic carbocycles. The number of nitrogens with two attached hydrogens (primary N) is 1. The van der Waals surface area contributed by atoms with Crippen molar-refractivity contribution in [2.75, 3.05) is 17.2 Å². The minimum absolute atomic E-state index is 0.697. The Hall–Kier alpha value is -2.63. The second-order valence-electron chi connectivity index (χ2n) is 4.53. The molecule has 2 aromatic heterocycles. The van der Waals surface area contributed by atoms with Crippen LogP contribution in [0.5, 0.6) is 0 Å². The molecule has 0 unspecified atom stereocenters. The van der Waals surface area contributed by atoms with Crippen LogP contribution in [0.25, 0.3) is 5.65 Å². The third-order valence-corrected chi connectivity index (χ3v) is 3.29. The van der Waals surface area contributed by atoms with Gasteiger partial charge in [-0.05, 0) is 18.6 Å². The Morgan fingerprint density at radius 3 is 2.95 bits per heavy atom. The van der Waals surface area contributed by atoms with Crippen LogP contribution in [0.1, 0.15) is 12.5 Å². The Morgan fingerprint density at radius 1 is 1.30 bits per heavy atom. The Morgan fingerprint density at radius 2 is 2.15 bits per heavy atom. The van der Waals surface area contributed by atoms with Crippen molar-refractivity contribution in [2.24, 2.45) is 0 Å². The zero-order valence-electron chi connectivity index (χ0n) is 11.3. The van der Waals surface area contributed by atoms with Crippen LogP contribution in [-0.2, 0) is 6.54 Å². The molecule has 102 valence electrons. The lowest BCUT2D eigenvalue weighted by Crippen LogP contribution is -2.24. The van der Waals surface area contributed by atoms with Crippen molar-refractivity contribution in [1.82, 2.24) is 19.6 Å². The van der Waals surface area contributed by atoms with Gasteiger partial charge in [0.25, 0.3) is 0 Å². The molecule has 2 heterocycles. The number of benzene rings is 1. The summed E-state index contributed by atoms with van der Waals surface area (Å²) in [5.41, 5.74) is 8.64. The summed E-state index contributed by atoms with van der Waals surface area (Å²) in [6.45, 7) is 3.59. The third-order valence-electron chi connectivity index (χ3n) is 3.29. The minimum atomic E-state index is 0.697. The van der Waals surface area contributed by atoms with E-state index < -0.39 is 0 Å². The highest BCUT2D eigenvalue weighted by Crippen LogP contribution is 2.20. The molecule has 20 heavy (non-hydrogen) atoms. The maximum Gasteiger partial charge on any atom is 0.203 e. The fraction of sp³-hybridized carbons (Fsp3) is 0.214. The predicted octanol–water partition coefficient (Wildman–Crippen LogP) is 1.73. The monoisotopic (exact) mass is 268 g/mol. The number of fused-ring (bicyclic) bond motifs is 1. The molecule has 0 saturated carbocycles. The van der Waals surface area contributed by atoms with Crippen molar-refractivity contribution in [1.29, 1.82) is 0 Å². The fourth-order valence-corrected chi connectivity index (χ4v) is 2.19. The number of rotatable bonds is 4. The van der Waals surface area contributed by atoms with Gasteiger partial charge >= 0.3 is 0 Å². The molecule has 3 rings (SSSR count). The van der Waals surface area contributed by atoms with E-state index in [9.17, 15) is 0 Å². The standard InChI is InChI=1S/C14H16N6/c1-2-19(9-11-5-3-4-6-12(11)15)13-14-18-17-10-20(14)8-7-16-13/h3-8,10H,2,9,15H2,1H3. The molecule has 3 aromatic rings. The Labute approximate surface area is 116 Å². The van der Waals surface area contributed by atoms with E-state index in [-0.39, 0.29) is 0 Å². The van der Waals surface area contributed by atoms with E-state index in [2.05, 4.69) is 27.0 Å². The lowest BCUT2D eigenvalue weighted by Gasteiger charge is -2.22. The summed E-state index contributed by atoms with van der Waals surface area (Å²) in [4.78, 5) is 6.57. The van der Waals surface area contributed by atoms with Crippen LogP contribution in [0, 0.1) is 0 Å². The molecule has 0 bridgehead atoms. The molecule has 6 heteroatoms. The number of para-hydroxylation sites is 1. The predicted molar refractivity (Wildman–Crippen MR) is 78.4 cm³/mol. The summed E-state index contributed by atoms with van der Waals surface area (Å²) in [6, 6.07) is 7.87. The van der Waals surface area contributed by atoms with Crippen molar-refractivity contribution in [3.8, 4) is 0 Å². The van der Waals surface area contributed by atoms with Gasteiger partial charge in [0.15, 0.2) is 5.82 Å². The summed E-state index contributed by atoms with van der Waals surface area (Å²) < 4.78 is 1.86. The Bertz CT molecular complexity index is 720. The second-order valence-corrected chi connectivity index (χ2v) is 4.53. The Kier molecular flexibility index (Phi) is 3.20. The van der Waals surface area contributed by atoms with Crippen LogP contribution in [0.15, 0.2) is 43.0 Å². The van der Waals surface area contributed by atoms with Gasteiger partial charge < -0.3 is 10.6 Å². The van der Waals surface area contributed by atoms with Gasteiger partial charge in [-0.2, -0.15) is 0 Å². The molecule has 0 aliphatic rings. The summed E-state index contributed by atoms with van der Waals surface area (Å²) in [7, 11) is 0. The van der Waals surface area contributed by atoms with Gasteiger partial charge in [-0.15, -0.1) is 10.2 Å². The Balaban J connectivity index is 1.98. The first-order valence-corrected chi connectivity index (χ1v) is 6.52. The first-order chi connectivity index (χ1) is 9.79. The normalized spacial score (nSPS) is 10.8. The van der Waals surface area contributed by atoms with Crippen molar-refractivity contribution in [2.45, 2.75) is 13.5 Å². The third kappa shape index (κ3) is 2.16. The van der Waals surface area contributed by atoms with Gasteiger partial charge in [0.05, 0.1) is 0 Å². The first-order valence-electron chi connectivity index (χ1n) is 6.52. The molecule has 0 radical (unpaired) electrons. The van der Waals surface area contributed by atoms with E-state index in [1.54, 1.807) is 12.5 Å². The second kappa shape index (κ2) is 5.16. The number of hydrogen-bond donors (Lipinski definition) is 1. The fourth-order valence-electron chi connectivity index (χ4n) is 2.19. The first kappa shape index (κ1) is 12.4. The molecule has 0 spiro atoms. The van der Waals surface area contributed by atoms with Crippen LogP contribution in [0.3, 0.4) is 0 Å². The average Bonchev–Trinajstić information content (AvgIpc) is 2.95. The maximum atomic E-state index is 6.01. The molecule has 0 aliphatic carbocycles. The van der Waals surface area contributed by atoms with E-state index in [0.29, 0.717) is 6.54 Å². The van der Waals surface area contributed by atoms with Crippen LogP contribution < -0.4 is 10.6 Å². The highest BCUT2D eigenvalue weighted by molar-refractivity contribution is 5.64. The molecule has 6 nitrogen and oxygen atoms in total. The molecule has 2 N–H and O–H groups in total. The highest BCUT2D eigenvalue weighted by Gasteiger charge is 2.13. The van der Waals surface area contributed by atoms with E-state index >= 15 is 0 Å². The molecule has 0 fully saturated rings. The van der Waals surface area contributed by atoms with E-state index in [0.717, 1.165) is 29.3 Å². The summed E-state index contributed by atoms with van der Waals surface area (Å²) >= 11 is 0. The zero-order valence-corrected chi connectivity index (χ0v) is 11.3. The number of nitrogen functional groups attached to an aromatic ring is 1. The van der Waals surface area contributed by atoms with Crippen LogP contribution in [-0.4, -0.2) is 26.1 Å².